The monoisotopic (exact) mass is 446 g/mol. The number of hydrogen-bond acceptors (Lipinski definition) is 7. The van der Waals surface area contributed by atoms with Gasteiger partial charge in [0.05, 0.1) is 11.1 Å². The zero-order valence-electron chi connectivity index (χ0n) is 17.4. The van der Waals surface area contributed by atoms with Crippen LogP contribution in [-0.2, 0) is 14.8 Å². The molecule has 4 rings (SSSR count). The van der Waals surface area contributed by atoms with Gasteiger partial charge in [0.2, 0.25) is 15.9 Å². The molecular weight excluding hydrogens is 424 g/mol. The summed E-state index contributed by atoms with van der Waals surface area (Å²) in [5.41, 5.74) is 0.848. The maximum atomic E-state index is 13.0. The summed E-state index contributed by atoms with van der Waals surface area (Å²) in [5, 5.41) is 3.70. The van der Waals surface area contributed by atoms with Gasteiger partial charge < -0.3 is 9.42 Å². The molecule has 0 bridgehead atoms. The Morgan fingerprint density at radius 1 is 1.03 bits per heavy atom. The molecule has 1 saturated heterocycles. The van der Waals surface area contributed by atoms with E-state index in [0.717, 1.165) is 4.90 Å². The Kier molecular flexibility index (Phi) is 5.18. The number of aryl methyl sites for hydroxylation is 2. The van der Waals surface area contributed by atoms with Gasteiger partial charge >= 0.3 is 0 Å². The molecule has 3 amide bonds. The number of aromatic nitrogens is 1. The van der Waals surface area contributed by atoms with Gasteiger partial charge in [-0.15, -0.1) is 0 Å². The minimum atomic E-state index is -3.80. The van der Waals surface area contributed by atoms with Crippen LogP contribution >= 0.6 is 0 Å². The molecule has 1 fully saturated rings. The third-order valence-electron chi connectivity index (χ3n) is 5.69. The van der Waals surface area contributed by atoms with Crippen LogP contribution in [0.4, 0.5) is 0 Å². The van der Waals surface area contributed by atoms with Gasteiger partial charge in [-0.25, -0.2) is 8.42 Å². The lowest BCUT2D eigenvalue weighted by molar-refractivity contribution is -0.136. The number of imide groups is 1. The number of hydrogen-bond donors (Lipinski definition) is 0. The number of carbonyl (C=O) groups excluding carboxylic acids is 3. The molecule has 0 N–H and O–H groups in total. The zero-order chi connectivity index (χ0) is 22.5. The number of nitrogens with zero attached hydrogens (tertiary/aromatic N) is 4. The van der Waals surface area contributed by atoms with E-state index >= 15 is 0 Å². The Labute approximate surface area is 179 Å². The maximum Gasteiger partial charge on any atom is 0.262 e. The Bertz CT molecular complexity index is 1130. The van der Waals surface area contributed by atoms with Gasteiger partial charge in [0.1, 0.15) is 16.6 Å². The highest BCUT2D eigenvalue weighted by atomic mass is 32.2. The summed E-state index contributed by atoms with van der Waals surface area (Å²) >= 11 is 0. The summed E-state index contributed by atoms with van der Waals surface area (Å²) in [6.45, 7) is 5.09. The highest BCUT2D eigenvalue weighted by Gasteiger charge is 2.42. The Morgan fingerprint density at radius 3 is 2.06 bits per heavy atom. The number of benzene rings is 1. The molecule has 0 unspecified atom stereocenters. The van der Waals surface area contributed by atoms with Crippen molar-refractivity contribution in [1.29, 1.82) is 0 Å². The van der Waals surface area contributed by atoms with Crippen LogP contribution in [0.3, 0.4) is 0 Å². The number of amides is 3. The molecule has 31 heavy (non-hydrogen) atoms. The highest BCUT2D eigenvalue weighted by Crippen LogP contribution is 2.27. The topological polar surface area (TPSA) is 121 Å². The minimum Gasteiger partial charge on any atom is -0.360 e. The smallest absolute Gasteiger partial charge is 0.262 e. The van der Waals surface area contributed by atoms with Crippen LogP contribution < -0.4 is 0 Å². The molecule has 1 aromatic carbocycles. The first-order valence-corrected chi connectivity index (χ1v) is 11.3. The third kappa shape index (κ3) is 3.33. The summed E-state index contributed by atoms with van der Waals surface area (Å²) in [6.07, 6.45) is 0. The van der Waals surface area contributed by atoms with Gasteiger partial charge in [-0.3, -0.25) is 19.3 Å². The standard InChI is InChI=1S/C20H22N4O6S/c1-12-17(14(3)30-21-12)31(28,29)23-10-8-22(9-11-23)18(25)13(2)24-19(26)15-6-4-5-7-16(15)20(24)27/h4-7,13H,8-11H2,1-3H3/t13-/m1/s1. The van der Waals surface area contributed by atoms with E-state index in [9.17, 15) is 22.8 Å². The van der Waals surface area contributed by atoms with Crippen molar-refractivity contribution in [2.45, 2.75) is 31.7 Å². The van der Waals surface area contributed by atoms with E-state index in [1.165, 1.54) is 23.1 Å². The van der Waals surface area contributed by atoms with Crippen molar-refractivity contribution in [2.24, 2.45) is 0 Å². The van der Waals surface area contributed by atoms with Crippen molar-refractivity contribution in [3.8, 4) is 0 Å². The summed E-state index contributed by atoms with van der Waals surface area (Å²) in [4.78, 5) is 40.8. The Hall–Kier alpha value is -3.05. The molecule has 3 heterocycles. The maximum absolute atomic E-state index is 13.0. The average molecular weight is 446 g/mol. The van der Waals surface area contributed by atoms with E-state index in [1.54, 1.807) is 31.2 Å². The van der Waals surface area contributed by atoms with Crippen molar-refractivity contribution in [1.82, 2.24) is 19.3 Å². The summed E-state index contributed by atoms with van der Waals surface area (Å²) in [7, 11) is -3.80. The molecule has 2 aliphatic rings. The zero-order valence-corrected chi connectivity index (χ0v) is 18.2. The summed E-state index contributed by atoms with van der Waals surface area (Å²) < 4.78 is 32.2. The predicted octanol–water partition coefficient (Wildman–Crippen LogP) is 0.809. The molecule has 164 valence electrons. The van der Waals surface area contributed by atoms with Gasteiger partial charge in [0.25, 0.3) is 11.8 Å². The summed E-state index contributed by atoms with van der Waals surface area (Å²) in [5.74, 6) is -1.18. The fourth-order valence-corrected chi connectivity index (χ4v) is 5.77. The molecule has 0 saturated carbocycles. The first-order chi connectivity index (χ1) is 14.6. The fraction of sp³-hybridized carbons (Fsp3) is 0.400. The van der Waals surface area contributed by atoms with Crippen molar-refractivity contribution in [3.05, 3.63) is 46.8 Å². The molecule has 1 atom stereocenters. The van der Waals surface area contributed by atoms with E-state index in [4.69, 9.17) is 4.52 Å². The van der Waals surface area contributed by atoms with E-state index in [1.807, 2.05) is 0 Å². The van der Waals surface area contributed by atoms with E-state index < -0.39 is 33.8 Å². The van der Waals surface area contributed by atoms with Crippen molar-refractivity contribution >= 4 is 27.7 Å². The van der Waals surface area contributed by atoms with Crippen LogP contribution in [-0.4, -0.2) is 77.6 Å². The summed E-state index contributed by atoms with van der Waals surface area (Å²) in [6, 6.07) is 5.46. The third-order valence-corrected chi connectivity index (χ3v) is 7.83. The van der Waals surface area contributed by atoms with Crippen molar-refractivity contribution in [3.63, 3.8) is 0 Å². The van der Waals surface area contributed by atoms with Crippen molar-refractivity contribution in [2.75, 3.05) is 26.2 Å². The van der Waals surface area contributed by atoms with Crippen LogP contribution in [0.1, 0.15) is 39.1 Å². The predicted molar refractivity (Wildman–Crippen MR) is 108 cm³/mol. The second-order valence-corrected chi connectivity index (χ2v) is 9.46. The van der Waals surface area contributed by atoms with Gasteiger partial charge in [0.15, 0.2) is 5.76 Å². The molecule has 11 heteroatoms. The average Bonchev–Trinajstić information content (AvgIpc) is 3.23. The fourth-order valence-electron chi connectivity index (χ4n) is 4.06. The molecular formula is C20H22N4O6S. The van der Waals surface area contributed by atoms with E-state index in [-0.39, 0.29) is 53.7 Å². The normalized spacial score (nSPS) is 18.4. The highest BCUT2D eigenvalue weighted by molar-refractivity contribution is 7.89. The van der Waals surface area contributed by atoms with Crippen molar-refractivity contribution < 1.29 is 27.3 Å². The van der Waals surface area contributed by atoms with Gasteiger partial charge in [0, 0.05) is 26.2 Å². The van der Waals surface area contributed by atoms with Crippen LogP contribution in [0.25, 0.3) is 0 Å². The van der Waals surface area contributed by atoms with E-state index in [2.05, 4.69) is 5.16 Å². The number of rotatable bonds is 4. The second kappa shape index (κ2) is 7.57. The first-order valence-electron chi connectivity index (χ1n) is 9.83. The van der Waals surface area contributed by atoms with Gasteiger partial charge in [-0.2, -0.15) is 4.31 Å². The number of carbonyl (C=O) groups is 3. The number of sulfonamides is 1. The second-order valence-electron chi connectivity index (χ2n) is 7.58. The molecule has 2 aromatic rings. The van der Waals surface area contributed by atoms with Crippen LogP contribution in [0, 0.1) is 13.8 Å². The van der Waals surface area contributed by atoms with Crippen LogP contribution in [0.2, 0.25) is 0 Å². The molecule has 2 aliphatic heterocycles. The van der Waals surface area contributed by atoms with Gasteiger partial charge in [-0.05, 0) is 32.9 Å². The lowest BCUT2D eigenvalue weighted by atomic mass is 10.1. The lowest BCUT2D eigenvalue weighted by Crippen LogP contribution is -2.56. The lowest BCUT2D eigenvalue weighted by Gasteiger charge is -2.36. The quantitative estimate of drug-likeness (QED) is 0.637. The Balaban J connectivity index is 1.45. The number of piperazine rings is 1. The minimum absolute atomic E-state index is 0.0478. The van der Waals surface area contributed by atoms with Crippen LogP contribution in [0.15, 0.2) is 33.7 Å². The van der Waals surface area contributed by atoms with Crippen LogP contribution in [0.5, 0.6) is 0 Å². The Morgan fingerprint density at radius 2 is 1.58 bits per heavy atom. The molecule has 0 spiro atoms. The SMILES string of the molecule is Cc1noc(C)c1S(=O)(=O)N1CCN(C(=O)[C@@H](C)N2C(=O)c3ccccc3C2=O)CC1. The number of fused-ring (bicyclic) bond motifs is 1. The largest absolute Gasteiger partial charge is 0.360 e. The molecule has 0 radical (unpaired) electrons. The molecule has 1 aromatic heterocycles. The van der Waals surface area contributed by atoms with E-state index in [0.29, 0.717) is 0 Å². The molecule has 10 nitrogen and oxygen atoms in total. The van der Waals surface area contributed by atoms with Gasteiger partial charge in [-0.1, -0.05) is 17.3 Å². The molecule has 0 aliphatic carbocycles. The first kappa shape index (κ1) is 21.2.